The summed E-state index contributed by atoms with van der Waals surface area (Å²) in [7, 11) is 1.47. The average molecular weight is 461 g/mol. The first-order valence-corrected chi connectivity index (χ1v) is 10.5. The lowest BCUT2D eigenvalue weighted by Crippen LogP contribution is -2.36. The van der Waals surface area contributed by atoms with E-state index in [9.17, 15) is 19.5 Å². The van der Waals surface area contributed by atoms with E-state index in [0.29, 0.717) is 17.0 Å². The van der Waals surface area contributed by atoms with Gasteiger partial charge in [0.2, 0.25) is 0 Å². The molecule has 3 N–H and O–H groups in total. The molecule has 1 atom stereocenters. The number of hydrogen-bond donors (Lipinski definition) is 3. The van der Waals surface area contributed by atoms with Gasteiger partial charge in [-0.05, 0) is 47.5 Å². The molecule has 0 saturated carbocycles. The van der Waals surface area contributed by atoms with Gasteiger partial charge in [-0.25, -0.2) is 15.2 Å². The summed E-state index contributed by atoms with van der Waals surface area (Å²) in [6.45, 7) is 0.125. The normalized spacial score (nSPS) is 15.5. The number of methoxy groups -OCH3 is 1. The number of nitrogens with zero attached hydrogens (tertiary/aromatic N) is 2. The van der Waals surface area contributed by atoms with Gasteiger partial charge in [0.05, 0.1) is 12.8 Å². The highest BCUT2D eigenvalue weighted by Crippen LogP contribution is 2.34. The predicted molar refractivity (Wildman–Crippen MR) is 123 cm³/mol. The van der Waals surface area contributed by atoms with Crippen molar-refractivity contribution in [2.75, 3.05) is 12.0 Å². The molecule has 9 nitrogen and oxygen atoms in total. The molecular weight excluding hydrogens is 438 g/mol. The molecule has 0 radical (unpaired) electrons. The third-order valence-corrected chi connectivity index (χ3v) is 5.68. The minimum Gasteiger partial charge on any atom is -0.508 e. The molecule has 174 valence electrons. The van der Waals surface area contributed by atoms with Crippen LogP contribution in [0.5, 0.6) is 11.5 Å². The molecule has 0 aliphatic carbocycles. The minimum atomic E-state index is -0.789. The number of carbonyl (C=O) groups excluding carboxylic acids is 3. The molecule has 9 heteroatoms. The second-order valence-corrected chi connectivity index (χ2v) is 7.78. The van der Waals surface area contributed by atoms with E-state index in [0.717, 1.165) is 10.5 Å². The van der Waals surface area contributed by atoms with Gasteiger partial charge in [-0.2, -0.15) is 0 Å². The van der Waals surface area contributed by atoms with Gasteiger partial charge in [-0.3, -0.25) is 14.8 Å². The second-order valence-electron chi connectivity index (χ2n) is 7.78. The first kappa shape index (κ1) is 22.8. The van der Waals surface area contributed by atoms with Crippen LogP contribution in [0, 0.1) is 0 Å². The number of hydrogen-bond acceptors (Lipinski definition) is 6. The van der Waals surface area contributed by atoms with Gasteiger partial charge in [-0.1, -0.05) is 36.4 Å². The molecule has 3 aromatic rings. The molecule has 4 rings (SSSR count). The molecule has 0 aromatic heterocycles. The molecule has 1 heterocycles. The van der Waals surface area contributed by atoms with Crippen LogP contribution in [0.4, 0.5) is 10.5 Å². The lowest BCUT2D eigenvalue weighted by molar-refractivity contribution is -0.119. The molecule has 0 unspecified atom stereocenters. The molecule has 0 bridgehead atoms. The van der Waals surface area contributed by atoms with Crippen LogP contribution < -0.4 is 15.1 Å². The molecular formula is C25H23N3O6. The highest BCUT2D eigenvalue weighted by atomic mass is 16.5. The Morgan fingerprint density at radius 2 is 1.62 bits per heavy atom. The van der Waals surface area contributed by atoms with E-state index in [2.05, 4.69) is 0 Å². The highest BCUT2D eigenvalue weighted by molar-refractivity contribution is 6.22. The van der Waals surface area contributed by atoms with Crippen molar-refractivity contribution >= 4 is 23.5 Å². The Morgan fingerprint density at radius 3 is 2.26 bits per heavy atom. The van der Waals surface area contributed by atoms with Crippen molar-refractivity contribution in [3.8, 4) is 11.5 Å². The zero-order valence-electron chi connectivity index (χ0n) is 18.3. The number of rotatable bonds is 7. The van der Waals surface area contributed by atoms with Crippen molar-refractivity contribution in [2.45, 2.75) is 19.0 Å². The summed E-state index contributed by atoms with van der Waals surface area (Å²) in [5.74, 6) is -0.531. The smallest absolute Gasteiger partial charge is 0.332 e. The summed E-state index contributed by atoms with van der Waals surface area (Å²) >= 11 is 0. The molecule has 0 spiro atoms. The Bertz CT molecular complexity index is 1210. The first-order valence-electron chi connectivity index (χ1n) is 10.5. The topological polar surface area (TPSA) is 119 Å². The second kappa shape index (κ2) is 9.63. The van der Waals surface area contributed by atoms with Gasteiger partial charge >= 0.3 is 6.03 Å². The van der Waals surface area contributed by atoms with E-state index >= 15 is 0 Å². The van der Waals surface area contributed by atoms with Crippen LogP contribution in [0.25, 0.3) is 0 Å². The predicted octanol–water partition coefficient (Wildman–Crippen LogP) is 3.10. The van der Waals surface area contributed by atoms with Gasteiger partial charge in [0.15, 0.2) is 0 Å². The number of phenolic OH excluding ortho intramolecular Hbond substituents is 1. The van der Waals surface area contributed by atoms with Gasteiger partial charge in [0.1, 0.15) is 17.5 Å². The summed E-state index contributed by atoms with van der Waals surface area (Å²) in [5, 5.41) is 18.4. The number of anilines is 1. The number of carbonyl (C=O) groups is 3. The fraction of sp³-hybridized carbons (Fsp3) is 0.160. The van der Waals surface area contributed by atoms with Gasteiger partial charge < -0.3 is 14.7 Å². The summed E-state index contributed by atoms with van der Waals surface area (Å²) in [4.78, 5) is 41.2. The molecule has 1 saturated heterocycles. The van der Waals surface area contributed by atoms with Crippen LogP contribution in [-0.2, 0) is 17.8 Å². The van der Waals surface area contributed by atoms with Crippen LogP contribution in [0.1, 0.15) is 21.5 Å². The van der Waals surface area contributed by atoms with E-state index in [1.165, 1.54) is 36.3 Å². The lowest BCUT2D eigenvalue weighted by Gasteiger charge is -2.22. The number of nitrogens with one attached hydrogen (secondary N) is 1. The largest absolute Gasteiger partial charge is 0.508 e. The van der Waals surface area contributed by atoms with E-state index < -0.39 is 18.0 Å². The van der Waals surface area contributed by atoms with E-state index in [1.54, 1.807) is 54.0 Å². The maximum absolute atomic E-state index is 13.5. The lowest BCUT2D eigenvalue weighted by atomic mass is 10.0. The number of urea groups is 1. The maximum atomic E-state index is 13.5. The van der Waals surface area contributed by atoms with Crippen molar-refractivity contribution in [1.82, 2.24) is 10.4 Å². The number of phenols is 1. The van der Waals surface area contributed by atoms with Crippen molar-refractivity contribution in [2.24, 2.45) is 0 Å². The van der Waals surface area contributed by atoms with E-state index in [-0.39, 0.29) is 30.2 Å². The Hall–Kier alpha value is -4.37. The average Bonchev–Trinajstić information content (AvgIpc) is 3.09. The van der Waals surface area contributed by atoms with Crippen LogP contribution in [-0.4, -0.2) is 46.2 Å². The quantitative estimate of drug-likeness (QED) is 0.283. The number of para-hydroxylation sites is 2. The van der Waals surface area contributed by atoms with Crippen molar-refractivity contribution in [3.05, 3.63) is 89.5 Å². The van der Waals surface area contributed by atoms with Crippen LogP contribution in [0.2, 0.25) is 0 Å². The number of amides is 4. The monoisotopic (exact) mass is 461 g/mol. The zero-order chi connectivity index (χ0) is 24.2. The summed E-state index contributed by atoms with van der Waals surface area (Å²) in [5.41, 5.74) is 3.67. The molecule has 1 fully saturated rings. The van der Waals surface area contributed by atoms with Crippen LogP contribution >= 0.6 is 0 Å². The van der Waals surface area contributed by atoms with Gasteiger partial charge in [-0.15, -0.1) is 0 Å². The Balaban J connectivity index is 1.68. The molecule has 4 amide bonds. The van der Waals surface area contributed by atoms with Crippen LogP contribution in [0.15, 0.2) is 72.8 Å². The van der Waals surface area contributed by atoms with Crippen molar-refractivity contribution in [3.63, 3.8) is 0 Å². The summed E-state index contributed by atoms with van der Waals surface area (Å²) in [6, 6.07) is 18.4. The Kier molecular flexibility index (Phi) is 6.46. The molecule has 34 heavy (non-hydrogen) atoms. The fourth-order valence-corrected chi connectivity index (χ4v) is 3.93. The number of imide groups is 1. The first-order chi connectivity index (χ1) is 16.4. The number of benzene rings is 3. The summed E-state index contributed by atoms with van der Waals surface area (Å²) in [6.07, 6.45) is 0.251. The molecule has 1 aliphatic heterocycles. The van der Waals surface area contributed by atoms with E-state index in [4.69, 9.17) is 9.94 Å². The molecule has 1 aliphatic rings. The SMILES string of the molecule is COc1ccccc1N1C(=O)[C@H](Cc2ccc(O)cc2)N(Cc2ccc(C(=O)NO)cc2)C1=O. The van der Waals surface area contributed by atoms with Crippen molar-refractivity contribution < 1.29 is 29.4 Å². The van der Waals surface area contributed by atoms with Crippen LogP contribution in [0.3, 0.4) is 0 Å². The minimum absolute atomic E-state index is 0.108. The molecule has 3 aromatic carbocycles. The number of hydroxylamine groups is 1. The Morgan fingerprint density at radius 1 is 0.971 bits per heavy atom. The third kappa shape index (κ3) is 4.41. The highest BCUT2D eigenvalue weighted by Gasteiger charge is 2.46. The summed E-state index contributed by atoms with van der Waals surface area (Å²) < 4.78 is 5.37. The van der Waals surface area contributed by atoms with Crippen molar-refractivity contribution in [1.29, 1.82) is 0 Å². The Labute approximate surface area is 195 Å². The standard InChI is InChI=1S/C25H23N3O6/c1-34-22-5-3-2-4-20(22)28-24(31)21(14-16-8-12-19(29)13-9-16)27(25(28)32)15-17-6-10-18(11-7-17)23(30)26-33/h2-13,21,29,33H,14-15H2,1H3,(H,26,30)/t21-/m0/s1. The van der Waals surface area contributed by atoms with E-state index in [1.807, 2.05) is 0 Å². The van der Waals surface area contributed by atoms with Gasteiger partial charge in [0, 0.05) is 18.5 Å². The fourth-order valence-electron chi connectivity index (χ4n) is 3.93. The third-order valence-electron chi connectivity index (χ3n) is 5.68. The number of ether oxygens (including phenoxy) is 1. The van der Waals surface area contributed by atoms with Gasteiger partial charge in [0.25, 0.3) is 11.8 Å². The maximum Gasteiger partial charge on any atom is 0.332 e. The number of aromatic hydroxyl groups is 1. The zero-order valence-corrected chi connectivity index (χ0v) is 18.3.